The third-order valence-corrected chi connectivity index (χ3v) is 17.4. The summed E-state index contributed by atoms with van der Waals surface area (Å²) in [7, 11) is 0. The van der Waals surface area contributed by atoms with Gasteiger partial charge in [-0.15, -0.1) is 0 Å². The Morgan fingerprint density at radius 3 is 1.75 bits per heavy atom. The number of nitro benzene ring substituents is 1. The lowest BCUT2D eigenvalue weighted by Gasteiger charge is -2.46. The van der Waals surface area contributed by atoms with Crippen molar-refractivity contribution in [3.63, 3.8) is 0 Å². The number of likely N-dealkylation sites (tertiary alicyclic amines) is 1. The number of carbonyl (C=O) groups is 13. The molecule has 0 radical (unpaired) electrons. The fourth-order valence-corrected chi connectivity index (χ4v) is 11.9. The lowest BCUT2D eigenvalue weighted by Crippen LogP contribution is -2.67. The smallest absolute Gasteiger partial charge is 0.326 e. The fraction of sp³-hybridized carbons (Fsp3) is 0.530. The summed E-state index contributed by atoms with van der Waals surface area (Å²) in [6, 6.07) is 3.16. The van der Waals surface area contributed by atoms with Crippen molar-refractivity contribution in [2.24, 2.45) is 11.7 Å². The normalized spacial score (nSPS) is 23.3. The number of Topliss-reactive ketones (excluding diaryl/α,β-unsaturated/α-hetero) is 1. The van der Waals surface area contributed by atoms with Crippen LogP contribution in [0, 0.1) is 16.0 Å². The summed E-state index contributed by atoms with van der Waals surface area (Å²) in [5.41, 5.74) is 12.1. The summed E-state index contributed by atoms with van der Waals surface area (Å²) in [5.74, 6) is -15.6. The molecule has 3 aliphatic heterocycles. The van der Waals surface area contributed by atoms with Crippen molar-refractivity contribution in [3.8, 4) is 0 Å². The molecule has 0 bridgehead atoms. The van der Waals surface area contributed by atoms with Crippen LogP contribution in [0.3, 0.4) is 0 Å². The van der Waals surface area contributed by atoms with Crippen LogP contribution in [0.15, 0.2) is 78.9 Å². The molecule has 3 fully saturated rings. The number of benzene rings is 3. The molecule has 0 unspecified atom stereocenters. The largest absolute Gasteiger partial charge is 0.481 e. The highest BCUT2D eigenvalue weighted by Gasteiger charge is 2.51. The van der Waals surface area contributed by atoms with Gasteiger partial charge in [0.2, 0.25) is 47.3 Å². The average Bonchev–Trinajstić information content (AvgIpc) is 0.795. The van der Waals surface area contributed by atoms with Crippen molar-refractivity contribution in [1.82, 2.24) is 47.4 Å². The van der Waals surface area contributed by atoms with Crippen LogP contribution >= 0.6 is 0 Å². The van der Waals surface area contributed by atoms with E-state index in [-0.39, 0.29) is 55.5 Å². The first-order valence-corrected chi connectivity index (χ1v) is 33.5. The van der Waals surface area contributed by atoms with E-state index in [9.17, 15) is 124 Å². The number of para-hydroxylation sites is 1. The van der Waals surface area contributed by atoms with E-state index in [0.717, 1.165) is 29.2 Å². The second kappa shape index (κ2) is 39.6. The molecular weight excluding hydrogens is 1410 g/mol. The van der Waals surface area contributed by atoms with Crippen LogP contribution in [-0.2, 0) is 79.8 Å². The average molecular weight is 1500 g/mol. The molecule has 3 aromatic rings. The first kappa shape index (κ1) is 84.5. The van der Waals surface area contributed by atoms with Gasteiger partial charge in [0.25, 0.3) is 5.69 Å². The number of nitrogens with one attached hydrogen (secondary N) is 8. The van der Waals surface area contributed by atoms with E-state index in [4.69, 9.17) is 25.7 Å². The highest BCUT2D eigenvalue weighted by atomic mass is 16.7. The van der Waals surface area contributed by atoms with Gasteiger partial charge >= 0.3 is 23.9 Å². The lowest BCUT2D eigenvalue weighted by molar-refractivity contribution is -0.384. The molecule has 0 aromatic heterocycles. The van der Waals surface area contributed by atoms with Crippen molar-refractivity contribution < 1.29 is 133 Å². The molecule has 3 saturated heterocycles. The summed E-state index contributed by atoms with van der Waals surface area (Å²) in [5, 5.41) is 133. The van der Waals surface area contributed by atoms with Crippen LogP contribution in [0.5, 0.6) is 0 Å². The van der Waals surface area contributed by atoms with Crippen molar-refractivity contribution in [2.75, 3.05) is 25.5 Å². The molecule has 40 heteroatoms. The number of amides is 10. The second-order valence-electron chi connectivity index (χ2n) is 25.8. The Kier molecular flexibility index (Phi) is 31.6. The maximum atomic E-state index is 14.9. The number of ether oxygens (including phenoxy) is 3. The Morgan fingerprint density at radius 1 is 0.604 bits per heavy atom. The van der Waals surface area contributed by atoms with E-state index >= 15 is 0 Å². The topological polar surface area (TPSA) is 647 Å². The molecule has 6 rings (SSSR count). The number of hydrogen-bond acceptors (Lipinski definition) is 26. The zero-order valence-corrected chi connectivity index (χ0v) is 57.2. The third-order valence-electron chi connectivity index (χ3n) is 17.4. The standard InChI is InChI=1S/C66H88N12O28/c1-30(2)23-41(63(98)77-22-8-13-43(77)61(97)70-36(18-20-46(68)81)57(93)71-38(24-31-9-4-3-5-10-31)50(87)34-11-6-7-12-35(34)67)75-66(101)74-40(26-47(82)76-62-54(91)53(90)56(45(29-80)104-62)106-65-55(92)52(89)51(88)44(28-79)105-65)60(96)69-37(19-21-48(83)84)58(94)72-39(25-32-14-16-33(17-15-32)78(102)103)59(95)73-42(64(99)100)27-49(85)86/h3-7,9-12,14-17,30,36-45,51-56,62,65,79-80,88-92H,8,13,18-29,67H2,1-2H3,(H2,68,81)(H,69,96)(H,70,97)(H,71,93)(H,72,94)(H,73,95)(H,76,82)(H,83,84)(H,85,86)(H,99,100)(H2,74,75,101)/t36-,37-,38-,39-,40-,41-,42-,43-,44+,45+,51-,52-,53+,54+,55+,56+,62+,65-/m0/s1. The zero-order valence-electron chi connectivity index (χ0n) is 57.2. The molecule has 580 valence electrons. The van der Waals surface area contributed by atoms with E-state index < -0.39 is 255 Å². The van der Waals surface area contributed by atoms with Gasteiger partial charge in [-0.3, -0.25) is 62.9 Å². The maximum Gasteiger partial charge on any atom is 0.326 e. The van der Waals surface area contributed by atoms with Crippen LogP contribution in [0.1, 0.15) is 93.1 Å². The molecule has 0 spiro atoms. The number of nitrogens with two attached hydrogens (primary N) is 2. The number of carboxylic acid groups (broad SMARTS) is 3. The summed E-state index contributed by atoms with van der Waals surface area (Å²) in [6.45, 7) is 1.11. The minimum absolute atomic E-state index is 0.0316. The van der Waals surface area contributed by atoms with Gasteiger partial charge in [0.15, 0.2) is 18.3 Å². The van der Waals surface area contributed by atoms with Gasteiger partial charge in [0, 0.05) is 55.6 Å². The highest BCUT2D eigenvalue weighted by Crippen LogP contribution is 2.30. The number of aliphatic hydroxyl groups excluding tert-OH is 7. The van der Waals surface area contributed by atoms with Gasteiger partial charge in [-0.2, -0.15) is 0 Å². The van der Waals surface area contributed by atoms with Crippen molar-refractivity contribution in [3.05, 3.63) is 106 Å². The number of ketones is 1. The number of rotatable bonds is 38. The quantitative estimate of drug-likeness (QED) is 0.0110. The number of aliphatic hydroxyl groups is 7. The van der Waals surface area contributed by atoms with Crippen LogP contribution in [0.25, 0.3) is 0 Å². The van der Waals surface area contributed by atoms with Crippen LogP contribution in [0.4, 0.5) is 16.2 Å². The monoisotopic (exact) mass is 1500 g/mol. The highest BCUT2D eigenvalue weighted by molar-refractivity contribution is 6.06. The Hall–Kier alpha value is -10.4. The van der Waals surface area contributed by atoms with E-state index in [1.54, 1.807) is 56.3 Å². The number of hydrogen-bond donors (Lipinski definition) is 20. The number of nitrogen functional groups attached to an aromatic ring is 1. The Bertz CT molecular complexity index is 3630. The molecule has 22 N–H and O–H groups in total. The Balaban J connectivity index is 1.29. The third kappa shape index (κ3) is 24.1. The van der Waals surface area contributed by atoms with Gasteiger partial charge in [-0.05, 0) is 61.3 Å². The molecule has 106 heavy (non-hydrogen) atoms. The Morgan fingerprint density at radius 2 is 1.16 bits per heavy atom. The number of aliphatic carboxylic acids is 3. The molecule has 0 saturated carbocycles. The molecule has 3 aromatic carbocycles. The Labute approximate surface area is 603 Å². The van der Waals surface area contributed by atoms with Crippen LogP contribution in [0.2, 0.25) is 0 Å². The first-order chi connectivity index (χ1) is 50.1. The lowest BCUT2D eigenvalue weighted by atomic mass is 9.96. The van der Waals surface area contributed by atoms with Gasteiger partial charge < -0.3 is 124 Å². The number of nitrogens with zero attached hydrogens (tertiary/aromatic N) is 2. The van der Waals surface area contributed by atoms with Gasteiger partial charge in [-0.1, -0.05) is 68.4 Å². The summed E-state index contributed by atoms with van der Waals surface area (Å²) >= 11 is 0. The molecule has 18 atom stereocenters. The maximum absolute atomic E-state index is 14.9. The zero-order chi connectivity index (χ0) is 78.4. The van der Waals surface area contributed by atoms with Crippen molar-refractivity contribution in [1.29, 1.82) is 0 Å². The van der Waals surface area contributed by atoms with Gasteiger partial charge in [0.1, 0.15) is 91.1 Å². The number of carbonyl (C=O) groups excluding carboxylic acids is 10. The minimum Gasteiger partial charge on any atom is -0.481 e. The van der Waals surface area contributed by atoms with E-state index in [2.05, 4.69) is 37.2 Å². The van der Waals surface area contributed by atoms with Crippen molar-refractivity contribution in [2.45, 2.75) is 194 Å². The summed E-state index contributed by atoms with van der Waals surface area (Å²) in [6.07, 6.45) is -25.6. The van der Waals surface area contributed by atoms with E-state index in [0.29, 0.717) is 5.56 Å². The predicted octanol–water partition coefficient (Wildman–Crippen LogP) is -5.84. The fourth-order valence-electron chi connectivity index (χ4n) is 11.9. The van der Waals surface area contributed by atoms with Crippen LogP contribution in [-0.4, -0.2) is 267 Å². The molecular formula is C66H88N12O28. The number of carboxylic acids is 3. The minimum atomic E-state index is -2.30. The molecule has 40 nitrogen and oxygen atoms in total. The molecule has 3 aliphatic rings. The van der Waals surface area contributed by atoms with E-state index in [1.165, 1.54) is 12.1 Å². The first-order valence-electron chi connectivity index (χ1n) is 33.5. The summed E-state index contributed by atoms with van der Waals surface area (Å²) in [4.78, 5) is 189. The molecule has 0 aliphatic carbocycles. The number of nitro groups is 1. The number of anilines is 1. The second-order valence-corrected chi connectivity index (χ2v) is 25.8. The SMILES string of the molecule is CC(C)C[C@H](NC(=O)N[C@@H](CC(=O)N[C@@H]1O[C@H](CO)[C@@H](O[C@@H]2O[C@H](CO)[C@H](O)[C@H](O)[C@H]2O)[C@H](O)[C@H]1O)C(=O)N[C@@H](CCC(=O)O)C(=O)N[C@@H](Cc1ccc([N+](=O)[O-])cc1)C(=O)N[C@@H](CC(=O)O)C(=O)O)C(=O)N1CCC[C@H]1C(=O)N[C@@H](CCC(N)=O)C(=O)N[C@@H](Cc1ccccc1)C(=O)c1ccccc1N. The van der Waals surface area contributed by atoms with Crippen LogP contribution < -0.4 is 54.0 Å². The van der Waals surface area contributed by atoms with Gasteiger partial charge in [0.05, 0.1) is 37.0 Å². The molecule has 10 amide bonds. The summed E-state index contributed by atoms with van der Waals surface area (Å²) < 4.78 is 16.6. The number of urea groups is 1. The van der Waals surface area contributed by atoms with Gasteiger partial charge in [-0.25, -0.2) is 9.59 Å². The number of non-ortho nitro benzene ring substituents is 1. The molecule has 3 heterocycles. The predicted molar refractivity (Wildman–Crippen MR) is 360 cm³/mol. The van der Waals surface area contributed by atoms with Crippen molar-refractivity contribution >= 4 is 88.4 Å². The van der Waals surface area contributed by atoms with E-state index in [1.807, 2.05) is 5.32 Å². The number of primary amides is 1.